The van der Waals surface area contributed by atoms with E-state index in [9.17, 15) is 0 Å². The topological polar surface area (TPSA) is 54.5 Å². The molecular formula is C15H15BrN4. The molecule has 1 aromatic heterocycles. The van der Waals surface area contributed by atoms with Crippen molar-refractivity contribution in [1.82, 2.24) is 4.98 Å². The Labute approximate surface area is 126 Å². The standard InChI is InChI=1S/C15H15BrN4/c1-10-5-6-18-8-13(10)14-9-19-15(17)20(14)12-4-2-3-11(16)7-12/h2-8,14H,9H2,1H3,(H2,17,19). The Hall–Kier alpha value is -1.88. The van der Waals surface area contributed by atoms with Gasteiger partial charge in [0.25, 0.3) is 0 Å². The summed E-state index contributed by atoms with van der Waals surface area (Å²) in [4.78, 5) is 10.7. The predicted molar refractivity (Wildman–Crippen MR) is 84.8 cm³/mol. The minimum Gasteiger partial charge on any atom is -0.369 e. The number of hydrogen-bond acceptors (Lipinski definition) is 4. The number of anilines is 1. The highest BCUT2D eigenvalue weighted by Gasteiger charge is 2.29. The van der Waals surface area contributed by atoms with Gasteiger partial charge in [-0.25, -0.2) is 0 Å². The summed E-state index contributed by atoms with van der Waals surface area (Å²) in [5.41, 5.74) is 9.48. The maximum absolute atomic E-state index is 6.08. The van der Waals surface area contributed by atoms with E-state index in [1.54, 1.807) is 6.20 Å². The first-order chi connectivity index (χ1) is 9.66. The summed E-state index contributed by atoms with van der Waals surface area (Å²) in [5, 5.41) is 0. The zero-order chi connectivity index (χ0) is 14.1. The van der Waals surface area contributed by atoms with Crippen molar-refractivity contribution in [3.63, 3.8) is 0 Å². The van der Waals surface area contributed by atoms with Crippen molar-refractivity contribution >= 4 is 27.6 Å². The van der Waals surface area contributed by atoms with Gasteiger partial charge in [0.2, 0.25) is 0 Å². The van der Waals surface area contributed by atoms with Gasteiger partial charge in [-0.05, 0) is 42.3 Å². The second kappa shape index (κ2) is 5.25. The average molecular weight is 331 g/mol. The fourth-order valence-electron chi connectivity index (χ4n) is 2.50. The summed E-state index contributed by atoms with van der Waals surface area (Å²) in [6.45, 7) is 2.75. The van der Waals surface area contributed by atoms with Crippen LogP contribution < -0.4 is 10.6 Å². The number of halogens is 1. The lowest BCUT2D eigenvalue weighted by Crippen LogP contribution is -2.36. The highest BCUT2D eigenvalue weighted by molar-refractivity contribution is 9.10. The van der Waals surface area contributed by atoms with Gasteiger partial charge in [0.1, 0.15) is 0 Å². The largest absolute Gasteiger partial charge is 0.369 e. The average Bonchev–Trinajstić information content (AvgIpc) is 2.81. The van der Waals surface area contributed by atoms with Crippen LogP contribution in [0.4, 0.5) is 5.69 Å². The molecule has 2 aromatic rings. The monoisotopic (exact) mass is 330 g/mol. The number of hydrogen-bond donors (Lipinski definition) is 1. The molecule has 0 spiro atoms. The molecule has 3 rings (SSSR count). The van der Waals surface area contributed by atoms with Crippen molar-refractivity contribution in [1.29, 1.82) is 0 Å². The predicted octanol–water partition coefficient (Wildman–Crippen LogP) is 3.03. The fraction of sp³-hybridized carbons (Fsp3) is 0.200. The Balaban J connectivity index is 2.03. The number of aliphatic imine (C=N–C) groups is 1. The number of aryl methyl sites for hydroxylation is 1. The van der Waals surface area contributed by atoms with Crippen molar-refractivity contribution in [3.05, 3.63) is 58.3 Å². The number of pyridine rings is 1. The third kappa shape index (κ3) is 2.29. The molecule has 0 saturated carbocycles. The first-order valence-electron chi connectivity index (χ1n) is 6.42. The van der Waals surface area contributed by atoms with E-state index in [1.807, 2.05) is 36.5 Å². The van der Waals surface area contributed by atoms with Crippen LogP contribution in [0.15, 0.2) is 52.2 Å². The maximum atomic E-state index is 6.08. The van der Waals surface area contributed by atoms with Gasteiger partial charge in [0.05, 0.1) is 12.6 Å². The van der Waals surface area contributed by atoms with Gasteiger partial charge in [-0.15, -0.1) is 0 Å². The van der Waals surface area contributed by atoms with Crippen LogP contribution in [-0.2, 0) is 0 Å². The van der Waals surface area contributed by atoms with E-state index >= 15 is 0 Å². The summed E-state index contributed by atoms with van der Waals surface area (Å²) in [5.74, 6) is 0.552. The minimum atomic E-state index is 0.109. The molecule has 2 heterocycles. The molecule has 1 aliphatic rings. The second-order valence-corrected chi connectivity index (χ2v) is 5.71. The molecule has 0 fully saturated rings. The number of benzene rings is 1. The number of guanidine groups is 1. The molecule has 1 atom stereocenters. The quantitative estimate of drug-likeness (QED) is 0.920. The molecule has 5 heteroatoms. The molecule has 0 saturated heterocycles. The van der Waals surface area contributed by atoms with E-state index in [2.05, 4.69) is 37.7 Å². The second-order valence-electron chi connectivity index (χ2n) is 4.80. The summed E-state index contributed by atoms with van der Waals surface area (Å²) in [6, 6.07) is 10.2. The molecule has 1 aliphatic heterocycles. The maximum Gasteiger partial charge on any atom is 0.196 e. The molecule has 1 unspecified atom stereocenters. The van der Waals surface area contributed by atoms with Crippen LogP contribution in [-0.4, -0.2) is 17.5 Å². The lowest BCUT2D eigenvalue weighted by Gasteiger charge is -2.27. The van der Waals surface area contributed by atoms with Crippen LogP contribution >= 0.6 is 15.9 Å². The minimum absolute atomic E-state index is 0.109. The van der Waals surface area contributed by atoms with Crippen molar-refractivity contribution in [3.8, 4) is 0 Å². The fourth-order valence-corrected chi connectivity index (χ4v) is 2.89. The highest BCUT2D eigenvalue weighted by Crippen LogP contribution is 2.33. The first kappa shape index (κ1) is 13.1. The Kier molecular flexibility index (Phi) is 3.44. The van der Waals surface area contributed by atoms with Crippen LogP contribution in [0.3, 0.4) is 0 Å². The van der Waals surface area contributed by atoms with Crippen molar-refractivity contribution in [2.45, 2.75) is 13.0 Å². The molecule has 0 amide bonds. The van der Waals surface area contributed by atoms with Gasteiger partial charge >= 0.3 is 0 Å². The van der Waals surface area contributed by atoms with Crippen LogP contribution in [0.5, 0.6) is 0 Å². The Morgan fingerprint density at radius 1 is 1.35 bits per heavy atom. The van der Waals surface area contributed by atoms with E-state index < -0.39 is 0 Å². The van der Waals surface area contributed by atoms with Gasteiger partial charge in [-0.1, -0.05) is 22.0 Å². The zero-order valence-electron chi connectivity index (χ0n) is 11.1. The van der Waals surface area contributed by atoms with Gasteiger partial charge in [-0.2, -0.15) is 0 Å². The number of nitrogens with zero attached hydrogens (tertiary/aromatic N) is 3. The first-order valence-corrected chi connectivity index (χ1v) is 7.21. The van der Waals surface area contributed by atoms with Crippen LogP contribution in [0.25, 0.3) is 0 Å². The van der Waals surface area contributed by atoms with Gasteiger partial charge in [0, 0.05) is 22.6 Å². The molecule has 2 N–H and O–H groups in total. The Bertz CT molecular complexity index is 668. The van der Waals surface area contributed by atoms with Crippen molar-refractivity contribution < 1.29 is 0 Å². The van der Waals surface area contributed by atoms with Gasteiger partial charge < -0.3 is 10.6 Å². The molecule has 102 valence electrons. The van der Waals surface area contributed by atoms with E-state index in [4.69, 9.17) is 5.73 Å². The van der Waals surface area contributed by atoms with Crippen molar-refractivity contribution in [2.75, 3.05) is 11.4 Å². The molecular weight excluding hydrogens is 316 g/mol. The Morgan fingerprint density at radius 2 is 2.20 bits per heavy atom. The summed E-state index contributed by atoms with van der Waals surface area (Å²) < 4.78 is 1.02. The molecule has 0 aliphatic carbocycles. The Morgan fingerprint density at radius 3 is 2.95 bits per heavy atom. The highest BCUT2D eigenvalue weighted by atomic mass is 79.9. The normalized spacial score (nSPS) is 18.2. The van der Waals surface area contributed by atoms with Crippen molar-refractivity contribution in [2.24, 2.45) is 10.7 Å². The van der Waals surface area contributed by atoms with Crippen LogP contribution in [0, 0.1) is 6.92 Å². The lowest BCUT2D eigenvalue weighted by molar-refractivity contribution is 0.757. The van der Waals surface area contributed by atoms with Gasteiger partial charge in [-0.3, -0.25) is 9.98 Å². The number of aromatic nitrogens is 1. The third-order valence-electron chi connectivity index (χ3n) is 3.51. The van der Waals surface area contributed by atoms with E-state index in [0.29, 0.717) is 12.5 Å². The summed E-state index contributed by atoms with van der Waals surface area (Å²) in [6.07, 6.45) is 3.71. The van der Waals surface area contributed by atoms with Gasteiger partial charge in [0.15, 0.2) is 5.96 Å². The zero-order valence-corrected chi connectivity index (χ0v) is 12.7. The summed E-state index contributed by atoms with van der Waals surface area (Å²) >= 11 is 3.50. The lowest BCUT2D eigenvalue weighted by atomic mass is 10.0. The van der Waals surface area contributed by atoms with Crippen LogP contribution in [0.2, 0.25) is 0 Å². The van der Waals surface area contributed by atoms with Crippen LogP contribution in [0.1, 0.15) is 17.2 Å². The molecule has 20 heavy (non-hydrogen) atoms. The number of rotatable bonds is 2. The van der Waals surface area contributed by atoms with E-state index in [0.717, 1.165) is 15.7 Å². The third-order valence-corrected chi connectivity index (χ3v) is 4.00. The van der Waals surface area contributed by atoms with E-state index in [-0.39, 0.29) is 6.04 Å². The van der Waals surface area contributed by atoms with E-state index in [1.165, 1.54) is 5.56 Å². The molecule has 0 bridgehead atoms. The SMILES string of the molecule is Cc1ccncc1C1CN=C(N)N1c1cccc(Br)c1. The smallest absolute Gasteiger partial charge is 0.196 e. The summed E-state index contributed by atoms with van der Waals surface area (Å²) in [7, 11) is 0. The molecule has 0 radical (unpaired) electrons. The number of nitrogens with two attached hydrogens (primary N) is 1. The molecule has 4 nitrogen and oxygen atoms in total. The molecule has 1 aromatic carbocycles.